The average Bonchev–Trinajstić information content (AvgIpc) is 3.00. The molecule has 2 N–H and O–H groups in total. The number of hydrogen-bond donors (Lipinski definition) is 2. The van der Waals surface area contributed by atoms with Crippen molar-refractivity contribution in [1.82, 2.24) is 10.3 Å². The molecule has 1 amide bonds. The molecule has 1 heterocycles. The predicted molar refractivity (Wildman–Crippen MR) is 169 cm³/mol. The molecule has 0 aliphatic heterocycles. The molecule has 7 nitrogen and oxygen atoms in total. The van der Waals surface area contributed by atoms with Crippen molar-refractivity contribution in [2.24, 2.45) is 0 Å². The van der Waals surface area contributed by atoms with Gasteiger partial charge in [0.05, 0.1) is 42.1 Å². The highest BCUT2D eigenvalue weighted by Gasteiger charge is 2.18. The number of esters is 1. The van der Waals surface area contributed by atoms with Crippen molar-refractivity contribution in [3.05, 3.63) is 112 Å². The summed E-state index contributed by atoms with van der Waals surface area (Å²) >= 11 is 7.42. The number of rotatable bonds is 13. The number of methoxy groups -OCH3 is 1. The Hall–Kier alpha value is -4.14. The van der Waals surface area contributed by atoms with Crippen LogP contribution >= 0.6 is 23.4 Å². The largest absolute Gasteiger partial charge is 0.481 e. The summed E-state index contributed by atoms with van der Waals surface area (Å²) in [5.41, 5.74) is 4.78. The summed E-state index contributed by atoms with van der Waals surface area (Å²) < 4.78 is 4.94. The van der Waals surface area contributed by atoms with Crippen LogP contribution in [0, 0.1) is 0 Å². The fourth-order valence-corrected chi connectivity index (χ4v) is 5.39. The number of carboxylic acids is 1. The lowest BCUT2D eigenvalue weighted by Crippen LogP contribution is -2.30. The molecule has 3 aromatic carbocycles. The van der Waals surface area contributed by atoms with Crippen molar-refractivity contribution in [3.63, 3.8) is 0 Å². The lowest BCUT2D eigenvalue weighted by molar-refractivity contribution is -0.136. The van der Waals surface area contributed by atoms with Gasteiger partial charge in [-0.3, -0.25) is 9.59 Å². The van der Waals surface area contributed by atoms with Gasteiger partial charge in [-0.15, -0.1) is 0 Å². The monoisotopic (exact) mass is 602 g/mol. The minimum Gasteiger partial charge on any atom is -0.481 e. The molecule has 0 aliphatic carbocycles. The maximum atomic E-state index is 12.8. The minimum atomic E-state index is -0.891. The van der Waals surface area contributed by atoms with Gasteiger partial charge in [0.25, 0.3) is 0 Å². The molecule has 216 valence electrons. The predicted octanol–water partition coefficient (Wildman–Crippen LogP) is 6.84. The molecule has 1 unspecified atom stereocenters. The number of nitrogens with one attached hydrogen (secondary N) is 1. The van der Waals surface area contributed by atoms with Crippen LogP contribution in [0.4, 0.5) is 0 Å². The molecular formula is C33H31ClN2O5S. The second kappa shape index (κ2) is 15.2. The number of nitrogens with zero attached hydrogens (tertiary/aromatic N) is 1. The van der Waals surface area contributed by atoms with Crippen molar-refractivity contribution in [3.8, 4) is 0 Å². The van der Waals surface area contributed by atoms with Crippen LogP contribution in [0.3, 0.4) is 0 Å². The average molecular weight is 603 g/mol. The molecular weight excluding hydrogens is 572 g/mol. The molecule has 1 aromatic heterocycles. The van der Waals surface area contributed by atoms with Crippen molar-refractivity contribution >= 4 is 64.3 Å². The fourth-order valence-electron chi connectivity index (χ4n) is 4.49. The molecule has 0 saturated carbocycles. The molecule has 0 aliphatic rings. The third-order valence-corrected chi connectivity index (χ3v) is 7.78. The standard InChI is InChI=1S/C33H31ClN2O5S/c1-41-33(40)28-8-3-2-6-23(28)12-16-29(36-31(37)21-42-18-17-32(38)39)25-7-4-5-22(19-25)9-14-27-15-11-24-10-13-26(34)20-30(24)35-27/h2-11,13-15,19-20,29H,12,16-18,21H2,1H3,(H,36,37)(H,38,39)/b14-9+. The number of amides is 1. The summed E-state index contributed by atoms with van der Waals surface area (Å²) in [5.74, 6) is -0.971. The number of aryl methyl sites for hydroxylation is 1. The summed E-state index contributed by atoms with van der Waals surface area (Å²) in [5, 5.41) is 13.6. The number of fused-ring (bicyclic) bond motifs is 1. The van der Waals surface area contributed by atoms with E-state index in [-0.39, 0.29) is 24.1 Å². The first-order valence-corrected chi connectivity index (χ1v) is 14.9. The molecule has 0 saturated heterocycles. The molecule has 0 bridgehead atoms. The Kier molecular flexibility index (Phi) is 11.1. The summed E-state index contributed by atoms with van der Waals surface area (Å²) in [6.45, 7) is 0. The normalized spacial score (nSPS) is 11.9. The number of carbonyl (C=O) groups excluding carboxylic acids is 2. The summed E-state index contributed by atoms with van der Waals surface area (Å²) in [4.78, 5) is 40.6. The van der Waals surface area contributed by atoms with Gasteiger partial charge >= 0.3 is 11.9 Å². The Bertz CT molecular complexity index is 1610. The van der Waals surface area contributed by atoms with E-state index >= 15 is 0 Å². The number of benzene rings is 3. The highest BCUT2D eigenvalue weighted by molar-refractivity contribution is 7.99. The van der Waals surface area contributed by atoms with E-state index in [1.54, 1.807) is 12.1 Å². The molecule has 4 rings (SSSR count). The molecule has 0 radical (unpaired) electrons. The maximum Gasteiger partial charge on any atom is 0.338 e. The first-order valence-electron chi connectivity index (χ1n) is 13.4. The molecule has 0 spiro atoms. The Balaban J connectivity index is 1.53. The van der Waals surface area contributed by atoms with Crippen LogP contribution < -0.4 is 5.32 Å². The van der Waals surface area contributed by atoms with Gasteiger partial charge in [-0.2, -0.15) is 11.8 Å². The smallest absolute Gasteiger partial charge is 0.338 e. The number of aliphatic carboxylic acids is 1. The van der Waals surface area contributed by atoms with E-state index in [1.165, 1.54) is 18.9 Å². The number of hydrogen-bond acceptors (Lipinski definition) is 6. The summed E-state index contributed by atoms with van der Waals surface area (Å²) in [6.07, 6.45) is 4.97. The van der Waals surface area contributed by atoms with Crippen LogP contribution in [0.5, 0.6) is 0 Å². The van der Waals surface area contributed by atoms with E-state index in [0.717, 1.165) is 33.3 Å². The van der Waals surface area contributed by atoms with Gasteiger partial charge in [-0.05, 0) is 65.9 Å². The zero-order chi connectivity index (χ0) is 29.9. The molecule has 1 atom stereocenters. The van der Waals surface area contributed by atoms with Gasteiger partial charge in [0.1, 0.15) is 0 Å². The highest BCUT2D eigenvalue weighted by atomic mass is 35.5. The van der Waals surface area contributed by atoms with Crippen LogP contribution in [-0.4, -0.2) is 46.6 Å². The maximum absolute atomic E-state index is 12.8. The van der Waals surface area contributed by atoms with Gasteiger partial charge in [-0.25, -0.2) is 9.78 Å². The van der Waals surface area contributed by atoms with Crippen LogP contribution in [0.25, 0.3) is 23.1 Å². The molecule has 9 heteroatoms. The first-order chi connectivity index (χ1) is 20.3. The van der Waals surface area contributed by atoms with Crippen molar-refractivity contribution in [2.45, 2.75) is 25.3 Å². The highest BCUT2D eigenvalue weighted by Crippen LogP contribution is 2.24. The van der Waals surface area contributed by atoms with E-state index in [2.05, 4.69) is 10.3 Å². The van der Waals surface area contributed by atoms with Gasteiger partial charge in [0, 0.05) is 16.2 Å². The van der Waals surface area contributed by atoms with E-state index in [9.17, 15) is 14.4 Å². The quantitative estimate of drug-likeness (QED) is 0.127. The second-order valence-corrected chi connectivity index (χ2v) is 11.1. The third kappa shape index (κ3) is 8.93. The summed E-state index contributed by atoms with van der Waals surface area (Å²) in [7, 11) is 1.35. The van der Waals surface area contributed by atoms with E-state index < -0.39 is 11.9 Å². The van der Waals surface area contributed by atoms with Gasteiger partial charge in [0.2, 0.25) is 5.91 Å². The fraction of sp³-hybridized carbons (Fsp3) is 0.212. The van der Waals surface area contributed by atoms with Crippen LogP contribution in [0.1, 0.15) is 51.6 Å². The second-order valence-electron chi connectivity index (χ2n) is 9.58. The zero-order valence-corrected chi connectivity index (χ0v) is 24.7. The Morgan fingerprint density at radius 3 is 2.64 bits per heavy atom. The number of pyridine rings is 1. The van der Waals surface area contributed by atoms with Crippen LogP contribution in [-0.2, 0) is 20.7 Å². The van der Waals surface area contributed by atoms with Crippen molar-refractivity contribution in [1.29, 1.82) is 0 Å². The topological polar surface area (TPSA) is 106 Å². The zero-order valence-electron chi connectivity index (χ0n) is 23.1. The van der Waals surface area contributed by atoms with Crippen LogP contribution in [0.15, 0.2) is 78.9 Å². The first kappa shape index (κ1) is 30.8. The molecule has 0 fully saturated rings. The van der Waals surface area contributed by atoms with Gasteiger partial charge in [-0.1, -0.05) is 66.2 Å². The van der Waals surface area contributed by atoms with Gasteiger partial charge in [0.15, 0.2) is 0 Å². The number of aromatic nitrogens is 1. The van der Waals surface area contributed by atoms with Crippen molar-refractivity contribution < 1.29 is 24.2 Å². The minimum absolute atomic E-state index is 0.000822. The Labute approximate surface area is 254 Å². The van der Waals surface area contributed by atoms with Crippen molar-refractivity contribution in [2.75, 3.05) is 18.6 Å². The van der Waals surface area contributed by atoms with Crippen LogP contribution in [0.2, 0.25) is 5.02 Å². The number of carbonyl (C=O) groups is 3. The molecule has 4 aromatic rings. The summed E-state index contributed by atoms with van der Waals surface area (Å²) in [6, 6.07) is 24.4. The number of thioether (sulfide) groups is 1. The van der Waals surface area contributed by atoms with Gasteiger partial charge < -0.3 is 15.2 Å². The van der Waals surface area contributed by atoms with E-state index in [4.69, 9.17) is 21.4 Å². The number of halogens is 1. The third-order valence-electron chi connectivity index (χ3n) is 6.59. The SMILES string of the molecule is COC(=O)c1ccccc1CCC(NC(=O)CSCCC(=O)O)c1cccc(/C=C/c2ccc3ccc(Cl)cc3n2)c1. The molecule has 42 heavy (non-hydrogen) atoms. The Morgan fingerprint density at radius 1 is 1.02 bits per heavy atom. The lowest BCUT2D eigenvalue weighted by Gasteiger charge is -2.20. The van der Waals surface area contributed by atoms with E-state index in [1.807, 2.05) is 78.9 Å². The lowest BCUT2D eigenvalue weighted by atomic mass is 9.95. The van der Waals surface area contributed by atoms with E-state index in [0.29, 0.717) is 29.2 Å². The number of ether oxygens (including phenoxy) is 1. The Morgan fingerprint density at radius 2 is 1.83 bits per heavy atom. The number of carboxylic acid groups (broad SMARTS) is 1.